The first kappa shape index (κ1) is 21.0. The highest BCUT2D eigenvalue weighted by atomic mass is 35.5. The van der Waals surface area contributed by atoms with Gasteiger partial charge in [0.05, 0.1) is 6.61 Å². The molecule has 2 saturated heterocycles. The zero-order valence-electron chi connectivity index (χ0n) is 15.5. The van der Waals surface area contributed by atoms with Crippen molar-refractivity contribution in [3.63, 3.8) is 0 Å². The van der Waals surface area contributed by atoms with Crippen LogP contribution >= 0.6 is 11.6 Å². The Morgan fingerprint density at radius 2 is 1.70 bits per heavy atom. The van der Waals surface area contributed by atoms with Gasteiger partial charge in [0.1, 0.15) is 30.5 Å². The molecule has 152 valence electrons. The van der Waals surface area contributed by atoms with Gasteiger partial charge in [0.2, 0.25) is 0 Å². The molecule has 0 aliphatic carbocycles. The van der Waals surface area contributed by atoms with Gasteiger partial charge in [-0.05, 0) is 23.7 Å². The third kappa shape index (κ3) is 4.63. The number of hydrogen-bond acceptors (Lipinski definition) is 7. The van der Waals surface area contributed by atoms with Crippen LogP contribution in [-0.2, 0) is 11.3 Å². The highest BCUT2D eigenvalue weighted by Crippen LogP contribution is 2.34. The van der Waals surface area contributed by atoms with Crippen LogP contribution in [0.15, 0.2) is 18.2 Å². The van der Waals surface area contributed by atoms with E-state index in [4.69, 9.17) is 16.3 Å². The molecule has 8 heteroatoms. The molecule has 0 unspecified atom stereocenters. The summed E-state index contributed by atoms with van der Waals surface area (Å²) < 4.78 is 5.66. The van der Waals surface area contributed by atoms with Crippen molar-refractivity contribution < 1.29 is 25.2 Å². The van der Waals surface area contributed by atoms with E-state index >= 15 is 0 Å². The first-order valence-electron chi connectivity index (χ1n) is 9.48. The van der Waals surface area contributed by atoms with Gasteiger partial charge < -0.3 is 30.1 Å². The second-order valence-corrected chi connectivity index (χ2v) is 7.72. The van der Waals surface area contributed by atoms with Gasteiger partial charge in [0.15, 0.2) is 0 Å². The highest BCUT2D eigenvalue weighted by Gasteiger charge is 2.44. The van der Waals surface area contributed by atoms with E-state index in [0.717, 1.165) is 38.3 Å². The minimum absolute atomic E-state index is 0.441. The predicted octanol–water partition coefficient (Wildman–Crippen LogP) is -0.00760. The summed E-state index contributed by atoms with van der Waals surface area (Å²) in [5, 5.41) is 40.3. The number of likely N-dealkylation sites (N-methyl/N-ethyl adjacent to an activating group) is 1. The molecule has 2 aliphatic heterocycles. The van der Waals surface area contributed by atoms with E-state index in [-0.39, 0.29) is 0 Å². The average molecular weight is 401 g/mol. The molecule has 0 bridgehead atoms. The summed E-state index contributed by atoms with van der Waals surface area (Å²) in [6.45, 7) is 7.47. The third-order valence-corrected chi connectivity index (χ3v) is 5.97. The van der Waals surface area contributed by atoms with Crippen LogP contribution in [0.5, 0.6) is 0 Å². The fourth-order valence-corrected chi connectivity index (χ4v) is 3.95. The van der Waals surface area contributed by atoms with E-state index in [1.54, 1.807) is 12.1 Å². The lowest BCUT2D eigenvalue weighted by Gasteiger charge is -2.40. The van der Waals surface area contributed by atoms with Crippen LogP contribution in [0.3, 0.4) is 0 Å². The minimum atomic E-state index is -1.39. The second kappa shape index (κ2) is 9.15. The summed E-state index contributed by atoms with van der Waals surface area (Å²) in [6.07, 6.45) is -5.79. The van der Waals surface area contributed by atoms with Gasteiger partial charge in [0, 0.05) is 37.7 Å². The Morgan fingerprint density at radius 1 is 1.04 bits per heavy atom. The van der Waals surface area contributed by atoms with Crippen molar-refractivity contribution in [1.29, 1.82) is 0 Å². The van der Waals surface area contributed by atoms with E-state index < -0.39 is 37.1 Å². The molecule has 0 aromatic heterocycles. The molecule has 1 aromatic rings. The van der Waals surface area contributed by atoms with Gasteiger partial charge in [-0.2, -0.15) is 0 Å². The number of halogens is 1. The van der Waals surface area contributed by atoms with Gasteiger partial charge in [0.25, 0.3) is 0 Å². The first-order valence-corrected chi connectivity index (χ1v) is 9.86. The number of aliphatic hydroxyl groups is 4. The number of ether oxygens (including phenoxy) is 1. The summed E-state index contributed by atoms with van der Waals surface area (Å²) in [7, 11) is 0. The van der Waals surface area contributed by atoms with Crippen molar-refractivity contribution in [2.45, 2.75) is 44.0 Å². The molecule has 2 heterocycles. The molecular weight excluding hydrogens is 372 g/mol. The molecule has 5 atom stereocenters. The van der Waals surface area contributed by atoms with Gasteiger partial charge in [-0.15, -0.1) is 0 Å². The van der Waals surface area contributed by atoms with Gasteiger partial charge in [-0.1, -0.05) is 30.7 Å². The fourth-order valence-electron chi connectivity index (χ4n) is 3.77. The van der Waals surface area contributed by atoms with Crippen molar-refractivity contribution in [3.8, 4) is 0 Å². The molecule has 3 rings (SSSR count). The topological polar surface area (TPSA) is 96.6 Å². The lowest BCUT2D eigenvalue weighted by Crippen LogP contribution is -2.55. The number of hydrogen-bond donors (Lipinski definition) is 4. The smallest absolute Gasteiger partial charge is 0.113 e. The van der Waals surface area contributed by atoms with E-state index in [1.165, 1.54) is 0 Å². The highest BCUT2D eigenvalue weighted by molar-refractivity contribution is 6.31. The molecule has 7 nitrogen and oxygen atoms in total. The largest absolute Gasteiger partial charge is 0.394 e. The third-order valence-electron chi connectivity index (χ3n) is 5.60. The molecular formula is C19H29ClN2O5. The molecule has 0 radical (unpaired) electrons. The quantitative estimate of drug-likeness (QED) is 0.552. The van der Waals surface area contributed by atoms with Crippen LogP contribution in [0, 0.1) is 0 Å². The Bertz CT molecular complexity index is 624. The van der Waals surface area contributed by atoms with Crippen molar-refractivity contribution >= 4 is 11.6 Å². The van der Waals surface area contributed by atoms with Crippen LogP contribution in [0.1, 0.15) is 24.2 Å². The molecule has 0 spiro atoms. The summed E-state index contributed by atoms with van der Waals surface area (Å²) in [4.78, 5) is 4.74. The molecule has 4 N–H and O–H groups in total. The SMILES string of the molecule is CCN1CCN(Cc2cc([C@@H]3O[C@H](CO)[C@@H](O)[C@H](O)[C@H]3O)ccc2Cl)CC1. The minimum Gasteiger partial charge on any atom is -0.394 e. The zero-order valence-corrected chi connectivity index (χ0v) is 16.3. The molecule has 27 heavy (non-hydrogen) atoms. The van der Waals surface area contributed by atoms with Crippen molar-refractivity contribution in [1.82, 2.24) is 9.80 Å². The normalized spacial score (nSPS) is 33.3. The Labute approximate surface area is 164 Å². The Kier molecular flexibility index (Phi) is 7.10. The van der Waals surface area contributed by atoms with Gasteiger partial charge >= 0.3 is 0 Å². The summed E-state index contributed by atoms with van der Waals surface area (Å²) in [6, 6.07) is 5.38. The van der Waals surface area contributed by atoms with Crippen molar-refractivity contribution in [2.24, 2.45) is 0 Å². The first-order chi connectivity index (χ1) is 12.9. The number of rotatable bonds is 5. The molecule has 0 amide bonds. The summed E-state index contributed by atoms with van der Waals surface area (Å²) in [5.41, 5.74) is 1.59. The maximum atomic E-state index is 10.3. The number of benzene rings is 1. The Hall–Kier alpha value is -0.770. The van der Waals surface area contributed by atoms with Gasteiger partial charge in [-0.3, -0.25) is 4.90 Å². The summed E-state index contributed by atoms with van der Waals surface area (Å²) >= 11 is 6.38. The summed E-state index contributed by atoms with van der Waals surface area (Å²) in [5.74, 6) is 0. The van der Waals surface area contributed by atoms with E-state index in [2.05, 4.69) is 16.7 Å². The second-order valence-electron chi connectivity index (χ2n) is 7.31. The average Bonchev–Trinajstić information content (AvgIpc) is 2.69. The standard InChI is InChI=1S/C19H29ClN2O5/c1-2-21-5-7-22(8-6-21)10-13-9-12(3-4-14(13)20)19-18(26)17(25)16(24)15(11-23)27-19/h3-4,9,15-19,23-26H,2,5-8,10-11H2,1H3/t15-,16-,17+,18-,19+/m1/s1. The van der Waals surface area contributed by atoms with Crippen molar-refractivity contribution in [3.05, 3.63) is 34.3 Å². The molecule has 2 fully saturated rings. The number of piperazine rings is 1. The van der Waals surface area contributed by atoms with E-state index in [0.29, 0.717) is 17.1 Å². The van der Waals surface area contributed by atoms with E-state index in [9.17, 15) is 20.4 Å². The van der Waals surface area contributed by atoms with Crippen LogP contribution in [0.25, 0.3) is 0 Å². The number of aliphatic hydroxyl groups excluding tert-OH is 4. The Balaban J connectivity index is 1.74. The van der Waals surface area contributed by atoms with Gasteiger partial charge in [-0.25, -0.2) is 0 Å². The zero-order chi connectivity index (χ0) is 19.6. The Morgan fingerprint density at radius 3 is 2.33 bits per heavy atom. The van der Waals surface area contributed by atoms with Crippen LogP contribution in [0.2, 0.25) is 5.02 Å². The predicted molar refractivity (Wildman–Crippen MR) is 102 cm³/mol. The van der Waals surface area contributed by atoms with Crippen LogP contribution < -0.4 is 0 Å². The maximum Gasteiger partial charge on any atom is 0.113 e. The van der Waals surface area contributed by atoms with Crippen LogP contribution in [0.4, 0.5) is 0 Å². The van der Waals surface area contributed by atoms with Crippen molar-refractivity contribution in [2.75, 3.05) is 39.3 Å². The molecule has 2 aliphatic rings. The number of nitrogens with zero attached hydrogens (tertiary/aromatic N) is 2. The lowest BCUT2D eigenvalue weighted by molar-refractivity contribution is -0.231. The molecule has 1 aromatic carbocycles. The maximum absolute atomic E-state index is 10.3. The molecule has 0 saturated carbocycles. The van der Waals surface area contributed by atoms with Crippen LogP contribution in [-0.4, -0.2) is 94.0 Å². The van der Waals surface area contributed by atoms with E-state index in [1.807, 2.05) is 6.07 Å². The lowest BCUT2D eigenvalue weighted by atomic mass is 9.90. The fraction of sp³-hybridized carbons (Fsp3) is 0.684. The monoisotopic (exact) mass is 400 g/mol.